The molecule has 1 saturated heterocycles. The van der Waals surface area contributed by atoms with Crippen LogP contribution in [0.2, 0.25) is 0 Å². The number of likely N-dealkylation sites (tertiary alicyclic amines) is 1. The third-order valence-electron chi connectivity index (χ3n) is 6.23. The Morgan fingerprint density at radius 2 is 1.81 bits per heavy atom. The van der Waals surface area contributed by atoms with Crippen molar-refractivity contribution in [3.05, 3.63) is 54.2 Å². The molecule has 3 aromatic heterocycles. The number of nitrogens with two attached hydrogens (primary N) is 1. The lowest BCUT2D eigenvalue weighted by Gasteiger charge is -2.31. The molecule has 12 heteroatoms. The van der Waals surface area contributed by atoms with Crippen molar-refractivity contribution in [2.24, 2.45) is 5.73 Å². The summed E-state index contributed by atoms with van der Waals surface area (Å²) in [5.74, 6) is 0.985. The Balaban J connectivity index is 0.00000190. The molecule has 5 rings (SSSR count). The number of ether oxygens (including phenoxy) is 1. The maximum atomic E-state index is 14.2. The first-order valence-corrected chi connectivity index (χ1v) is 11.5. The van der Waals surface area contributed by atoms with E-state index in [4.69, 9.17) is 15.5 Å². The quantitative estimate of drug-likeness (QED) is 0.344. The van der Waals surface area contributed by atoms with Crippen LogP contribution < -0.4 is 10.5 Å². The molecule has 200 valence electrons. The van der Waals surface area contributed by atoms with Crippen molar-refractivity contribution in [2.75, 3.05) is 13.1 Å². The van der Waals surface area contributed by atoms with Crippen LogP contribution in [-0.4, -0.2) is 55.4 Å². The molecular formula is C25H29Cl2F3N6O. The van der Waals surface area contributed by atoms with Gasteiger partial charge in [0, 0.05) is 30.2 Å². The Morgan fingerprint density at radius 3 is 2.46 bits per heavy atom. The first kappa shape index (κ1) is 28.9. The number of fused-ring (bicyclic) bond motifs is 2. The normalized spacial score (nSPS) is 19.1. The molecule has 1 fully saturated rings. The minimum absolute atomic E-state index is 0. The molecule has 0 radical (unpaired) electrons. The minimum atomic E-state index is -4.47. The molecule has 4 aromatic rings. The lowest BCUT2D eigenvalue weighted by molar-refractivity contribution is -0.184. The van der Waals surface area contributed by atoms with Gasteiger partial charge in [0.1, 0.15) is 23.0 Å². The number of benzene rings is 1. The summed E-state index contributed by atoms with van der Waals surface area (Å²) in [4.78, 5) is 6.14. The van der Waals surface area contributed by atoms with Gasteiger partial charge in [0.05, 0.1) is 6.10 Å². The number of para-hydroxylation sites is 1. The van der Waals surface area contributed by atoms with Crippen LogP contribution in [0.4, 0.5) is 13.2 Å². The van der Waals surface area contributed by atoms with Gasteiger partial charge >= 0.3 is 6.18 Å². The summed E-state index contributed by atoms with van der Waals surface area (Å²) in [6, 6.07) is 10.6. The number of halogens is 5. The Hall–Kier alpha value is -2.66. The Kier molecular flexibility index (Phi) is 8.28. The first-order chi connectivity index (χ1) is 16.5. The van der Waals surface area contributed by atoms with Gasteiger partial charge in [0.25, 0.3) is 0 Å². The molecule has 0 amide bonds. The average molecular weight is 557 g/mol. The standard InChI is InChI=1S/C25H27F3N6O.2ClH/c1-15(2)35-19-6-4-5-16-7-9-18(30-21(16)19)23-32-31-20-10-8-17(13-34(20)23)22(25(26,27)28)33-12-11-24(3,29)14-33;;/h4-10,13,15,22H,11-12,14,29H2,1-3H3;2*1H/t22-,24+;;/m0../s1. The number of hydrogen-bond donors (Lipinski definition) is 1. The van der Waals surface area contributed by atoms with Crippen LogP contribution >= 0.6 is 24.8 Å². The summed E-state index contributed by atoms with van der Waals surface area (Å²) >= 11 is 0. The van der Waals surface area contributed by atoms with E-state index < -0.39 is 17.8 Å². The average Bonchev–Trinajstić information content (AvgIpc) is 3.35. The smallest absolute Gasteiger partial charge is 0.408 e. The van der Waals surface area contributed by atoms with Crippen LogP contribution in [0, 0.1) is 0 Å². The van der Waals surface area contributed by atoms with E-state index in [9.17, 15) is 13.2 Å². The molecule has 1 aromatic carbocycles. The van der Waals surface area contributed by atoms with E-state index in [-0.39, 0.29) is 49.6 Å². The van der Waals surface area contributed by atoms with Gasteiger partial charge in [-0.25, -0.2) is 4.98 Å². The minimum Gasteiger partial charge on any atom is -0.489 e. The van der Waals surface area contributed by atoms with Crippen molar-refractivity contribution in [3.8, 4) is 17.3 Å². The van der Waals surface area contributed by atoms with Gasteiger partial charge in [-0.3, -0.25) is 9.30 Å². The van der Waals surface area contributed by atoms with Crippen LogP contribution in [0.25, 0.3) is 28.1 Å². The van der Waals surface area contributed by atoms with Crippen molar-refractivity contribution in [1.29, 1.82) is 0 Å². The summed E-state index contributed by atoms with van der Waals surface area (Å²) in [7, 11) is 0. The zero-order chi connectivity index (χ0) is 25.0. The number of nitrogens with zero attached hydrogens (tertiary/aromatic N) is 5. The van der Waals surface area contributed by atoms with E-state index in [1.807, 2.05) is 38.1 Å². The Morgan fingerprint density at radius 1 is 1.05 bits per heavy atom. The van der Waals surface area contributed by atoms with Gasteiger partial charge in [-0.2, -0.15) is 13.2 Å². The Bertz CT molecular complexity index is 1390. The largest absolute Gasteiger partial charge is 0.489 e. The number of aromatic nitrogens is 4. The number of pyridine rings is 2. The highest BCUT2D eigenvalue weighted by molar-refractivity contribution is 5.86. The van der Waals surface area contributed by atoms with Crippen LogP contribution in [0.3, 0.4) is 0 Å². The lowest BCUT2D eigenvalue weighted by atomic mass is 10.0. The van der Waals surface area contributed by atoms with Crippen molar-refractivity contribution < 1.29 is 17.9 Å². The van der Waals surface area contributed by atoms with Gasteiger partial charge in [-0.05, 0) is 51.0 Å². The van der Waals surface area contributed by atoms with E-state index >= 15 is 0 Å². The van der Waals surface area contributed by atoms with Crippen molar-refractivity contribution in [2.45, 2.75) is 51.1 Å². The topological polar surface area (TPSA) is 81.6 Å². The third-order valence-corrected chi connectivity index (χ3v) is 6.23. The number of rotatable bonds is 5. The zero-order valence-corrected chi connectivity index (χ0v) is 22.2. The highest BCUT2D eigenvalue weighted by atomic mass is 35.5. The maximum Gasteiger partial charge on any atom is 0.408 e. The van der Waals surface area contributed by atoms with E-state index in [0.717, 1.165) is 5.39 Å². The van der Waals surface area contributed by atoms with Crippen molar-refractivity contribution in [3.63, 3.8) is 0 Å². The highest BCUT2D eigenvalue weighted by Gasteiger charge is 2.48. The molecule has 0 saturated carbocycles. The summed E-state index contributed by atoms with van der Waals surface area (Å²) in [5, 5.41) is 9.28. The van der Waals surface area contributed by atoms with E-state index in [0.29, 0.717) is 34.9 Å². The maximum absolute atomic E-state index is 14.2. The summed E-state index contributed by atoms with van der Waals surface area (Å²) in [5.41, 5.74) is 7.16. The fourth-order valence-corrected chi connectivity index (χ4v) is 4.69. The second-order valence-electron chi connectivity index (χ2n) is 9.72. The second-order valence-corrected chi connectivity index (χ2v) is 9.72. The predicted octanol–water partition coefficient (Wildman–Crippen LogP) is 5.60. The molecule has 4 heterocycles. The SMILES string of the molecule is CC(C)Oc1cccc2ccc(-c3nnc4ccc([C@H](N5CC[C@@](C)(N)C5)C(F)(F)F)cn34)nc12.Cl.Cl. The van der Waals surface area contributed by atoms with E-state index in [1.165, 1.54) is 17.2 Å². The molecule has 0 aliphatic carbocycles. The Labute approximate surface area is 225 Å². The summed E-state index contributed by atoms with van der Waals surface area (Å²) in [6.45, 7) is 6.08. The van der Waals surface area contributed by atoms with E-state index in [2.05, 4.69) is 10.2 Å². The van der Waals surface area contributed by atoms with E-state index in [1.54, 1.807) is 23.5 Å². The lowest BCUT2D eigenvalue weighted by Crippen LogP contribution is -2.43. The van der Waals surface area contributed by atoms with Gasteiger partial charge in [-0.15, -0.1) is 35.0 Å². The molecular weight excluding hydrogens is 528 g/mol. The van der Waals surface area contributed by atoms with Crippen LogP contribution in [0.15, 0.2) is 48.7 Å². The summed E-state index contributed by atoms with van der Waals surface area (Å²) in [6.07, 6.45) is -2.55. The molecule has 1 aliphatic heterocycles. The molecule has 0 spiro atoms. The molecule has 0 unspecified atom stereocenters. The number of hydrogen-bond acceptors (Lipinski definition) is 6. The molecule has 1 aliphatic rings. The predicted molar refractivity (Wildman–Crippen MR) is 142 cm³/mol. The highest BCUT2D eigenvalue weighted by Crippen LogP contribution is 2.41. The van der Waals surface area contributed by atoms with Crippen molar-refractivity contribution in [1.82, 2.24) is 24.5 Å². The molecule has 2 N–H and O–H groups in total. The fourth-order valence-electron chi connectivity index (χ4n) is 4.69. The van der Waals surface area contributed by atoms with Crippen LogP contribution in [-0.2, 0) is 0 Å². The summed E-state index contributed by atoms with van der Waals surface area (Å²) < 4.78 is 50.2. The number of alkyl halides is 3. The molecule has 37 heavy (non-hydrogen) atoms. The second kappa shape index (κ2) is 10.6. The van der Waals surface area contributed by atoms with Crippen molar-refractivity contribution >= 4 is 41.4 Å². The van der Waals surface area contributed by atoms with Crippen LogP contribution in [0.5, 0.6) is 5.75 Å². The van der Waals surface area contributed by atoms with Crippen LogP contribution in [0.1, 0.15) is 38.8 Å². The van der Waals surface area contributed by atoms with Gasteiger partial charge in [-0.1, -0.05) is 24.3 Å². The monoisotopic (exact) mass is 556 g/mol. The van der Waals surface area contributed by atoms with Gasteiger partial charge in [0.15, 0.2) is 11.5 Å². The zero-order valence-electron chi connectivity index (χ0n) is 20.6. The van der Waals surface area contributed by atoms with Gasteiger partial charge < -0.3 is 10.5 Å². The molecule has 7 nitrogen and oxygen atoms in total. The fraction of sp³-hybridized carbons (Fsp3) is 0.400. The molecule has 0 bridgehead atoms. The molecule has 2 atom stereocenters. The third kappa shape index (κ3) is 5.77. The van der Waals surface area contributed by atoms with Gasteiger partial charge in [0.2, 0.25) is 0 Å². The first-order valence-electron chi connectivity index (χ1n) is 11.5.